The minimum Gasteiger partial charge on any atom is -0.356 e. The van der Waals surface area contributed by atoms with Crippen molar-refractivity contribution >= 4 is 16.9 Å². The Morgan fingerprint density at radius 2 is 1.86 bits per heavy atom. The van der Waals surface area contributed by atoms with Crippen LogP contribution in [-0.2, 0) is 17.8 Å². The second-order valence-corrected chi connectivity index (χ2v) is 8.84. The molecule has 2 fully saturated rings. The number of aromatic nitrogens is 2. The number of hydrogen-bond acceptors (Lipinski definition) is 2. The number of benzene rings is 1. The SMILES string of the molecule is O=C(NCCCCCc1nc2ccccc2n1CCC1CCCCC1)C1CC1. The smallest absolute Gasteiger partial charge is 0.223 e. The van der Waals surface area contributed by atoms with Crippen molar-refractivity contribution in [3.63, 3.8) is 0 Å². The topological polar surface area (TPSA) is 46.9 Å². The molecule has 1 aromatic carbocycles. The maximum Gasteiger partial charge on any atom is 0.223 e. The summed E-state index contributed by atoms with van der Waals surface area (Å²) in [5, 5.41) is 3.07. The van der Waals surface area contributed by atoms with Crippen molar-refractivity contribution in [2.75, 3.05) is 6.54 Å². The number of para-hydroxylation sites is 2. The molecule has 0 bridgehead atoms. The number of carbonyl (C=O) groups is 1. The number of imidazole rings is 1. The molecule has 1 N–H and O–H groups in total. The molecule has 2 saturated carbocycles. The van der Waals surface area contributed by atoms with Crippen LogP contribution < -0.4 is 5.32 Å². The first-order valence-corrected chi connectivity index (χ1v) is 11.5. The molecular formula is C24H35N3O. The molecule has 0 radical (unpaired) electrons. The zero-order chi connectivity index (χ0) is 19.2. The lowest BCUT2D eigenvalue weighted by Gasteiger charge is -2.22. The zero-order valence-corrected chi connectivity index (χ0v) is 17.2. The van der Waals surface area contributed by atoms with Gasteiger partial charge in [0.15, 0.2) is 0 Å². The van der Waals surface area contributed by atoms with E-state index in [2.05, 4.69) is 34.1 Å². The molecule has 1 heterocycles. The van der Waals surface area contributed by atoms with Crippen LogP contribution in [0.1, 0.15) is 76.5 Å². The van der Waals surface area contributed by atoms with Crippen LogP contribution in [0.3, 0.4) is 0 Å². The first kappa shape index (κ1) is 19.5. The van der Waals surface area contributed by atoms with Gasteiger partial charge in [0.05, 0.1) is 11.0 Å². The van der Waals surface area contributed by atoms with Crippen LogP contribution >= 0.6 is 0 Å². The van der Waals surface area contributed by atoms with E-state index in [0.29, 0.717) is 5.92 Å². The zero-order valence-electron chi connectivity index (χ0n) is 17.2. The molecule has 0 unspecified atom stereocenters. The molecule has 0 atom stereocenters. The Balaban J connectivity index is 1.28. The third kappa shape index (κ3) is 5.15. The van der Waals surface area contributed by atoms with Crippen LogP contribution in [0.25, 0.3) is 11.0 Å². The van der Waals surface area contributed by atoms with Crippen LogP contribution in [0.4, 0.5) is 0 Å². The molecule has 4 rings (SSSR count). The van der Waals surface area contributed by atoms with Gasteiger partial charge in [-0.2, -0.15) is 0 Å². The highest BCUT2D eigenvalue weighted by Crippen LogP contribution is 2.29. The minimum absolute atomic E-state index is 0.268. The van der Waals surface area contributed by atoms with E-state index in [1.165, 1.54) is 49.9 Å². The van der Waals surface area contributed by atoms with E-state index in [-0.39, 0.29) is 5.91 Å². The third-order valence-electron chi connectivity index (χ3n) is 6.54. The number of fused-ring (bicyclic) bond motifs is 1. The third-order valence-corrected chi connectivity index (χ3v) is 6.54. The second-order valence-electron chi connectivity index (χ2n) is 8.84. The summed E-state index contributed by atoms with van der Waals surface area (Å²) in [4.78, 5) is 16.6. The maximum absolute atomic E-state index is 11.7. The van der Waals surface area contributed by atoms with Gasteiger partial charge in [0.2, 0.25) is 5.91 Å². The molecule has 2 aromatic rings. The van der Waals surface area contributed by atoms with Crippen LogP contribution in [0.15, 0.2) is 24.3 Å². The van der Waals surface area contributed by atoms with Gasteiger partial charge in [0.25, 0.3) is 0 Å². The maximum atomic E-state index is 11.7. The Morgan fingerprint density at radius 1 is 1.04 bits per heavy atom. The number of rotatable bonds is 10. The fourth-order valence-corrected chi connectivity index (χ4v) is 4.64. The van der Waals surface area contributed by atoms with Gasteiger partial charge in [-0.05, 0) is 50.2 Å². The summed E-state index contributed by atoms with van der Waals surface area (Å²) < 4.78 is 2.48. The van der Waals surface area contributed by atoms with Gasteiger partial charge in [0, 0.05) is 25.4 Å². The van der Waals surface area contributed by atoms with Gasteiger partial charge in [-0.1, -0.05) is 50.7 Å². The summed E-state index contributed by atoms with van der Waals surface area (Å²) in [6, 6.07) is 8.59. The van der Waals surface area contributed by atoms with Crippen LogP contribution in [-0.4, -0.2) is 22.0 Å². The number of aryl methyl sites for hydroxylation is 2. The molecule has 2 aliphatic rings. The average molecular weight is 382 g/mol. The normalized spacial score (nSPS) is 17.9. The van der Waals surface area contributed by atoms with Gasteiger partial charge < -0.3 is 9.88 Å². The Hall–Kier alpha value is -1.84. The van der Waals surface area contributed by atoms with Crippen molar-refractivity contribution in [3.05, 3.63) is 30.1 Å². The van der Waals surface area contributed by atoms with Gasteiger partial charge in [0.1, 0.15) is 5.82 Å². The molecule has 0 saturated heterocycles. The molecule has 4 nitrogen and oxygen atoms in total. The largest absolute Gasteiger partial charge is 0.356 e. The molecule has 0 aliphatic heterocycles. The number of hydrogen-bond donors (Lipinski definition) is 1. The molecule has 4 heteroatoms. The number of unbranched alkanes of at least 4 members (excludes halogenated alkanes) is 2. The van der Waals surface area contributed by atoms with E-state index in [4.69, 9.17) is 4.98 Å². The highest BCUT2D eigenvalue weighted by Gasteiger charge is 2.28. The van der Waals surface area contributed by atoms with Crippen molar-refractivity contribution in [1.29, 1.82) is 0 Å². The van der Waals surface area contributed by atoms with Gasteiger partial charge in [-0.15, -0.1) is 0 Å². The lowest BCUT2D eigenvalue weighted by atomic mass is 9.87. The highest BCUT2D eigenvalue weighted by molar-refractivity contribution is 5.80. The first-order chi connectivity index (χ1) is 13.8. The van der Waals surface area contributed by atoms with E-state index in [9.17, 15) is 4.79 Å². The monoisotopic (exact) mass is 381 g/mol. The molecule has 1 amide bonds. The minimum atomic E-state index is 0.268. The fourth-order valence-electron chi connectivity index (χ4n) is 4.64. The van der Waals surface area contributed by atoms with Crippen molar-refractivity contribution in [2.45, 2.75) is 83.6 Å². The summed E-state index contributed by atoms with van der Waals surface area (Å²) in [6.07, 6.45) is 14.9. The van der Waals surface area contributed by atoms with Crippen LogP contribution in [0, 0.1) is 11.8 Å². The summed E-state index contributed by atoms with van der Waals surface area (Å²) in [5.74, 6) is 2.74. The average Bonchev–Trinajstić information content (AvgIpc) is 3.52. The highest BCUT2D eigenvalue weighted by atomic mass is 16.2. The predicted molar refractivity (Wildman–Crippen MR) is 114 cm³/mol. The molecular weight excluding hydrogens is 346 g/mol. The predicted octanol–water partition coefficient (Wildman–Crippen LogP) is 5.25. The fraction of sp³-hybridized carbons (Fsp3) is 0.667. The lowest BCUT2D eigenvalue weighted by Crippen LogP contribution is -2.25. The van der Waals surface area contributed by atoms with E-state index in [1.54, 1.807) is 0 Å². The van der Waals surface area contributed by atoms with Crippen LogP contribution in [0.5, 0.6) is 0 Å². The Kier molecular flexibility index (Phi) is 6.66. The number of nitrogens with one attached hydrogen (secondary N) is 1. The lowest BCUT2D eigenvalue weighted by molar-refractivity contribution is -0.122. The van der Waals surface area contributed by atoms with Crippen molar-refractivity contribution in [3.8, 4) is 0 Å². The quantitative estimate of drug-likeness (QED) is 0.572. The van der Waals surface area contributed by atoms with Gasteiger partial charge in [-0.3, -0.25) is 4.79 Å². The Labute approximate surface area is 169 Å². The summed E-state index contributed by atoms with van der Waals surface area (Å²) >= 11 is 0. The molecule has 152 valence electrons. The molecule has 1 aromatic heterocycles. The summed E-state index contributed by atoms with van der Waals surface area (Å²) in [7, 11) is 0. The van der Waals surface area contributed by atoms with Crippen molar-refractivity contribution in [1.82, 2.24) is 14.9 Å². The van der Waals surface area contributed by atoms with E-state index in [0.717, 1.165) is 63.0 Å². The van der Waals surface area contributed by atoms with Crippen LogP contribution in [0.2, 0.25) is 0 Å². The van der Waals surface area contributed by atoms with Crippen molar-refractivity contribution in [2.24, 2.45) is 11.8 Å². The Bertz CT molecular complexity index is 771. The Morgan fingerprint density at radius 3 is 2.68 bits per heavy atom. The molecule has 0 spiro atoms. The summed E-state index contributed by atoms with van der Waals surface area (Å²) in [6.45, 7) is 1.94. The van der Waals surface area contributed by atoms with Gasteiger partial charge >= 0.3 is 0 Å². The molecule has 2 aliphatic carbocycles. The standard InChI is InChI=1S/C24H35N3O/c28-24(20-14-15-20)25-17-8-2-5-13-23-26-21-11-6-7-12-22(21)27(23)18-16-19-9-3-1-4-10-19/h6-7,11-12,19-20H,1-5,8-10,13-18H2,(H,25,28). The van der Waals surface area contributed by atoms with Gasteiger partial charge in [-0.25, -0.2) is 4.98 Å². The number of amides is 1. The molecule has 28 heavy (non-hydrogen) atoms. The number of carbonyl (C=O) groups excluding carboxylic acids is 1. The van der Waals surface area contributed by atoms with E-state index in [1.807, 2.05) is 0 Å². The van der Waals surface area contributed by atoms with E-state index >= 15 is 0 Å². The second kappa shape index (κ2) is 9.58. The first-order valence-electron chi connectivity index (χ1n) is 11.5. The number of nitrogens with zero attached hydrogens (tertiary/aromatic N) is 2. The van der Waals surface area contributed by atoms with Crippen molar-refractivity contribution < 1.29 is 4.79 Å². The van der Waals surface area contributed by atoms with E-state index < -0.39 is 0 Å². The summed E-state index contributed by atoms with van der Waals surface area (Å²) in [5.41, 5.74) is 2.43.